The number of nitrogens with zero attached hydrogens (tertiary/aromatic N) is 2. The predicted molar refractivity (Wildman–Crippen MR) is 115 cm³/mol. The lowest BCUT2D eigenvalue weighted by Crippen LogP contribution is -2.30. The van der Waals surface area contributed by atoms with E-state index in [0.29, 0.717) is 27.2 Å². The minimum absolute atomic E-state index is 0.208. The number of hydrogen-bond donors (Lipinski definition) is 1. The van der Waals surface area contributed by atoms with Gasteiger partial charge in [0.05, 0.1) is 27.0 Å². The third-order valence-corrected chi connectivity index (χ3v) is 5.74. The normalized spacial score (nSPS) is 11.7. The Hall–Kier alpha value is -2.55. The molecule has 0 spiro atoms. The maximum atomic E-state index is 12.6. The number of pyridine rings is 1. The Labute approximate surface area is 187 Å². The van der Waals surface area contributed by atoms with Gasteiger partial charge in [-0.1, -0.05) is 46.2 Å². The molecule has 0 fully saturated rings. The minimum atomic E-state index is -1.07. The fraction of sp³-hybridized carbons (Fsp3) is 0.200. The number of anilines is 1. The van der Waals surface area contributed by atoms with Crippen molar-refractivity contribution in [3.8, 4) is 0 Å². The zero-order valence-corrected chi connectivity index (χ0v) is 18.3. The maximum Gasteiger partial charge on any atom is 0.341 e. The molecule has 2 heterocycles. The predicted octanol–water partition coefficient (Wildman–Crippen LogP) is 5.16. The summed E-state index contributed by atoms with van der Waals surface area (Å²) in [5, 5.41) is 7.50. The van der Waals surface area contributed by atoms with E-state index in [-0.39, 0.29) is 10.6 Å². The molecule has 30 heavy (non-hydrogen) atoms. The van der Waals surface area contributed by atoms with Crippen LogP contribution in [0.2, 0.25) is 10.0 Å². The molecule has 0 radical (unpaired) electrons. The van der Waals surface area contributed by atoms with Crippen LogP contribution >= 0.6 is 35.0 Å². The highest BCUT2D eigenvalue weighted by atomic mass is 35.5. The Morgan fingerprint density at radius 3 is 2.80 bits per heavy atom. The first-order chi connectivity index (χ1) is 14.3. The van der Waals surface area contributed by atoms with Crippen molar-refractivity contribution in [3.63, 3.8) is 0 Å². The molecule has 1 amide bonds. The lowest BCUT2D eigenvalue weighted by Gasteiger charge is -2.15. The van der Waals surface area contributed by atoms with Crippen molar-refractivity contribution in [2.45, 2.75) is 30.7 Å². The molecule has 2 aromatic heterocycles. The fourth-order valence-electron chi connectivity index (χ4n) is 2.40. The van der Waals surface area contributed by atoms with E-state index in [4.69, 9.17) is 32.5 Å². The number of carbonyl (C=O) groups excluding carboxylic acids is 2. The highest BCUT2D eigenvalue weighted by molar-refractivity contribution is 7.98. The van der Waals surface area contributed by atoms with Crippen LogP contribution in [0.5, 0.6) is 0 Å². The van der Waals surface area contributed by atoms with Crippen molar-refractivity contribution in [3.05, 3.63) is 69.7 Å². The van der Waals surface area contributed by atoms with E-state index >= 15 is 0 Å². The Bertz CT molecular complexity index is 1070. The van der Waals surface area contributed by atoms with Gasteiger partial charge < -0.3 is 14.6 Å². The standard InChI is InChI=1S/C20H17Cl2N3O4S/c1-11-9-13(25-29-11)10-30-19-14(5-4-8-23-19)20(27)28-12(2)18(26)24-16-7-3-6-15(21)17(16)22/h3-9,12H,10H2,1-2H3,(H,24,26). The van der Waals surface area contributed by atoms with E-state index in [1.54, 1.807) is 49.5 Å². The van der Waals surface area contributed by atoms with Gasteiger partial charge in [0.2, 0.25) is 0 Å². The minimum Gasteiger partial charge on any atom is -0.449 e. The summed E-state index contributed by atoms with van der Waals surface area (Å²) in [7, 11) is 0. The summed E-state index contributed by atoms with van der Waals surface area (Å²) in [4.78, 5) is 29.3. The SMILES string of the molecule is Cc1cc(CSc2ncccc2C(=O)OC(C)C(=O)Nc2cccc(Cl)c2Cl)no1. The second kappa shape index (κ2) is 9.97. The van der Waals surface area contributed by atoms with Crippen LogP contribution in [0.4, 0.5) is 5.69 Å². The second-order valence-corrected chi connectivity index (χ2v) is 7.96. The van der Waals surface area contributed by atoms with Crippen LogP contribution in [0.15, 0.2) is 52.1 Å². The molecule has 3 rings (SSSR count). The third kappa shape index (κ3) is 5.53. The number of halogens is 2. The Morgan fingerprint density at radius 1 is 1.27 bits per heavy atom. The topological polar surface area (TPSA) is 94.3 Å². The molecular weight excluding hydrogens is 449 g/mol. The average molecular weight is 466 g/mol. The molecule has 156 valence electrons. The third-order valence-electron chi connectivity index (χ3n) is 3.89. The largest absolute Gasteiger partial charge is 0.449 e. The van der Waals surface area contributed by atoms with Crippen LogP contribution in [0.3, 0.4) is 0 Å². The second-order valence-electron chi connectivity index (χ2n) is 6.21. The molecule has 0 saturated heterocycles. The van der Waals surface area contributed by atoms with Gasteiger partial charge in [0.15, 0.2) is 6.10 Å². The monoisotopic (exact) mass is 465 g/mol. The molecule has 1 atom stereocenters. The van der Waals surface area contributed by atoms with Crippen molar-refractivity contribution in [2.75, 3.05) is 5.32 Å². The molecule has 10 heteroatoms. The summed E-state index contributed by atoms with van der Waals surface area (Å²) >= 11 is 13.3. The quantitative estimate of drug-likeness (QED) is 0.380. The molecule has 0 saturated carbocycles. The summed E-state index contributed by atoms with van der Waals surface area (Å²) in [5.41, 5.74) is 1.31. The summed E-state index contributed by atoms with van der Waals surface area (Å²) < 4.78 is 10.4. The van der Waals surface area contributed by atoms with E-state index in [1.807, 2.05) is 0 Å². The number of aryl methyl sites for hydroxylation is 1. The van der Waals surface area contributed by atoms with Crippen LogP contribution < -0.4 is 5.32 Å². The number of aromatic nitrogens is 2. The van der Waals surface area contributed by atoms with Gasteiger partial charge >= 0.3 is 5.97 Å². The zero-order valence-electron chi connectivity index (χ0n) is 16.0. The smallest absolute Gasteiger partial charge is 0.341 e. The molecule has 0 bridgehead atoms. The lowest BCUT2D eigenvalue weighted by atomic mass is 10.2. The van der Waals surface area contributed by atoms with Gasteiger partial charge in [-0.25, -0.2) is 9.78 Å². The zero-order chi connectivity index (χ0) is 21.7. The van der Waals surface area contributed by atoms with Gasteiger partial charge in [-0.3, -0.25) is 4.79 Å². The molecule has 1 aromatic carbocycles. The number of thioether (sulfide) groups is 1. The van der Waals surface area contributed by atoms with Crippen LogP contribution in [0, 0.1) is 6.92 Å². The van der Waals surface area contributed by atoms with Crippen LogP contribution in [-0.4, -0.2) is 28.1 Å². The van der Waals surface area contributed by atoms with Gasteiger partial charge in [0, 0.05) is 18.0 Å². The van der Waals surface area contributed by atoms with Gasteiger partial charge in [-0.05, 0) is 38.1 Å². The van der Waals surface area contributed by atoms with Crippen molar-refractivity contribution in [2.24, 2.45) is 0 Å². The number of ether oxygens (including phenoxy) is 1. The first-order valence-electron chi connectivity index (χ1n) is 8.81. The fourth-order valence-corrected chi connectivity index (χ4v) is 3.61. The van der Waals surface area contributed by atoms with Gasteiger partial charge in [-0.15, -0.1) is 0 Å². The summed E-state index contributed by atoms with van der Waals surface area (Å²) in [6.07, 6.45) is 0.508. The van der Waals surface area contributed by atoms with E-state index in [1.165, 1.54) is 18.7 Å². The van der Waals surface area contributed by atoms with Gasteiger partial charge in [0.25, 0.3) is 5.91 Å². The molecule has 0 aliphatic rings. The number of amides is 1. The summed E-state index contributed by atoms with van der Waals surface area (Å²) in [5.74, 6) is -0.0332. The van der Waals surface area contributed by atoms with Gasteiger partial charge in [-0.2, -0.15) is 0 Å². The first kappa shape index (κ1) is 22.1. The van der Waals surface area contributed by atoms with Crippen molar-refractivity contribution < 1.29 is 18.8 Å². The van der Waals surface area contributed by atoms with Crippen LogP contribution in [0.1, 0.15) is 28.7 Å². The van der Waals surface area contributed by atoms with Crippen LogP contribution in [0.25, 0.3) is 0 Å². The molecule has 1 unspecified atom stereocenters. The summed E-state index contributed by atoms with van der Waals surface area (Å²) in [6.45, 7) is 3.26. The summed E-state index contributed by atoms with van der Waals surface area (Å²) in [6, 6.07) is 9.87. The molecule has 1 N–H and O–H groups in total. The Balaban J connectivity index is 1.65. The highest BCUT2D eigenvalue weighted by Crippen LogP contribution is 2.30. The molecule has 0 aliphatic heterocycles. The Morgan fingerprint density at radius 2 is 2.07 bits per heavy atom. The average Bonchev–Trinajstić information content (AvgIpc) is 3.15. The van der Waals surface area contributed by atoms with E-state index in [0.717, 1.165) is 5.69 Å². The Kier molecular flexibility index (Phi) is 7.36. The first-order valence-corrected chi connectivity index (χ1v) is 10.5. The lowest BCUT2D eigenvalue weighted by molar-refractivity contribution is -0.123. The number of benzene rings is 1. The highest BCUT2D eigenvalue weighted by Gasteiger charge is 2.22. The van der Waals surface area contributed by atoms with Crippen molar-refractivity contribution in [1.29, 1.82) is 0 Å². The number of esters is 1. The number of nitrogens with one attached hydrogen (secondary N) is 1. The van der Waals surface area contributed by atoms with Crippen molar-refractivity contribution in [1.82, 2.24) is 10.1 Å². The maximum absolute atomic E-state index is 12.6. The molecular formula is C20H17Cl2N3O4S. The van der Waals surface area contributed by atoms with Gasteiger partial charge in [0.1, 0.15) is 10.8 Å². The van der Waals surface area contributed by atoms with Crippen LogP contribution in [-0.2, 0) is 15.3 Å². The molecule has 7 nitrogen and oxygen atoms in total. The molecule has 0 aliphatic carbocycles. The van der Waals surface area contributed by atoms with E-state index in [2.05, 4.69) is 15.5 Å². The van der Waals surface area contributed by atoms with Crippen molar-refractivity contribution >= 4 is 52.5 Å². The number of rotatable bonds is 7. The van der Waals surface area contributed by atoms with E-state index < -0.39 is 18.0 Å². The number of hydrogen-bond acceptors (Lipinski definition) is 7. The molecule has 3 aromatic rings. The number of carbonyl (C=O) groups is 2. The van der Waals surface area contributed by atoms with E-state index in [9.17, 15) is 9.59 Å².